The minimum Gasteiger partial charge on any atom is -0.348 e. The molecule has 0 aliphatic heterocycles. The quantitative estimate of drug-likeness (QED) is 0.811. The van der Waals surface area contributed by atoms with Crippen LogP contribution in [0.5, 0.6) is 0 Å². The van der Waals surface area contributed by atoms with Gasteiger partial charge < -0.3 is 10.6 Å². The van der Waals surface area contributed by atoms with Crippen LogP contribution in [0.15, 0.2) is 24.3 Å². The Morgan fingerprint density at radius 2 is 2.10 bits per heavy atom. The van der Waals surface area contributed by atoms with Crippen LogP contribution >= 0.6 is 11.6 Å². The van der Waals surface area contributed by atoms with Gasteiger partial charge in [-0.3, -0.25) is 4.79 Å². The van der Waals surface area contributed by atoms with Gasteiger partial charge in [0.15, 0.2) is 11.5 Å². The van der Waals surface area contributed by atoms with Crippen LogP contribution in [0, 0.1) is 0 Å². The molecule has 0 spiro atoms. The molecule has 1 aliphatic rings. The molecule has 21 heavy (non-hydrogen) atoms. The molecule has 0 bridgehead atoms. The monoisotopic (exact) mass is 305 g/mol. The summed E-state index contributed by atoms with van der Waals surface area (Å²) in [6, 6.07) is 7.45. The predicted molar refractivity (Wildman–Crippen MR) is 80.8 cm³/mol. The first-order chi connectivity index (χ1) is 10.2. The molecule has 0 unspecified atom stereocenters. The second-order valence-corrected chi connectivity index (χ2v) is 5.55. The molecular weight excluding hydrogens is 290 g/mol. The van der Waals surface area contributed by atoms with Crippen molar-refractivity contribution in [2.75, 3.05) is 5.32 Å². The Morgan fingerprint density at radius 1 is 1.29 bits per heavy atom. The molecule has 1 heterocycles. The van der Waals surface area contributed by atoms with Crippen molar-refractivity contribution in [1.82, 2.24) is 20.7 Å². The van der Waals surface area contributed by atoms with Crippen LogP contribution in [0.2, 0.25) is 5.02 Å². The average molecular weight is 306 g/mol. The van der Waals surface area contributed by atoms with E-state index in [-0.39, 0.29) is 17.6 Å². The Kier molecular flexibility index (Phi) is 4.06. The SMILES string of the molecule is O=C(NC1CCCC1)c1n[nH]nc1Nc1cccc(Cl)c1. The van der Waals surface area contributed by atoms with Crippen molar-refractivity contribution in [3.05, 3.63) is 35.0 Å². The van der Waals surface area contributed by atoms with Crippen molar-refractivity contribution >= 4 is 29.0 Å². The van der Waals surface area contributed by atoms with Gasteiger partial charge in [0.05, 0.1) is 0 Å². The average Bonchev–Trinajstić information content (AvgIpc) is 3.10. The number of carbonyl (C=O) groups excluding carboxylic acids is 1. The first-order valence-corrected chi connectivity index (χ1v) is 7.34. The van der Waals surface area contributed by atoms with E-state index in [0.29, 0.717) is 10.8 Å². The molecule has 1 saturated carbocycles. The summed E-state index contributed by atoms with van der Waals surface area (Å²) in [4.78, 5) is 12.2. The smallest absolute Gasteiger partial charge is 0.275 e. The molecule has 7 heteroatoms. The molecule has 3 N–H and O–H groups in total. The summed E-state index contributed by atoms with van der Waals surface area (Å²) < 4.78 is 0. The van der Waals surface area contributed by atoms with Gasteiger partial charge in [-0.25, -0.2) is 0 Å². The zero-order valence-corrected chi connectivity index (χ0v) is 12.2. The number of hydrogen-bond donors (Lipinski definition) is 3. The lowest BCUT2D eigenvalue weighted by atomic mass is 10.2. The highest BCUT2D eigenvalue weighted by Gasteiger charge is 2.22. The third kappa shape index (κ3) is 3.33. The second kappa shape index (κ2) is 6.13. The van der Waals surface area contributed by atoms with Crippen LogP contribution in [-0.2, 0) is 0 Å². The van der Waals surface area contributed by atoms with E-state index in [1.165, 1.54) is 0 Å². The van der Waals surface area contributed by atoms with Gasteiger partial charge in [-0.05, 0) is 31.0 Å². The largest absolute Gasteiger partial charge is 0.348 e. The third-order valence-electron chi connectivity index (χ3n) is 3.54. The van der Waals surface area contributed by atoms with Gasteiger partial charge in [-0.1, -0.05) is 30.5 Å². The minimum atomic E-state index is -0.208. The van der Waals surface area contributed by atoms with E-state index < -0.39 is 0 Å². The highest BCUT2D eigenvalue weighted by molar-refractivity contribution is 6.30. The van der Waals surface area contributed by atoms with Crippen LogP contribution in [0.3, 0.4) is 0 Å². The van der Waals surface area contributed by atoms with Gasteiger partial charge in [0.1, 0.15) is 0 Å². The summed E-state index contributed by atoms with van der Waals surface area (Å²) in [5.74, 6) is 0.188. The number of aromatic nitrogens is 3. The summed E-state index contributed by atoms with van der Waals surface area (Å²) >= 11 is 5.94. The van der Waals surface area contributed by atoms with Gasteiger partial charge in [0, 0.05) is 16.8 Å². The van der Waals surface area contributed by atoms with Crippen LogP contribution in [0.25, 0.3) is 0 Å². The standard InChI is InChI=1S/C14H16ClN5O/c15-9-4-3-7-11(8-9)16-13-12(18-20-19-13)14(21)17-10-5-1-2-6-10/h3-4,7-8,10H,1-2,5-6H2,(H,17,21)(H2,16,18,19,20). The van der Waals surface area contributed by atoms with Crippen LogP contribution < -0.4 is 10.6 Å². The molecule has 0 radical (unpaired) electrons. The fraction of sp³-hybridized carbons (Fsp3) is 0.357. The van der Waals surface area contributed by atoms with Crippen LogP contribution in [0.1, 0.15) is 36.2 Å². The van der Waals surface area contributed by atoms with E-state index in [2.05, 4.69) is 26.0 Å². The van der Waals surface area contributed by atoms with Crippen molar-refractivity contribution in [3.63, 3.8) is 0 Å². The third-order valence-corrected chi connectivity index (χ3v) is 3.78. The topological polar surface area (TPSA) is 82.7 Å². The molecule has 0 saturated heterocycles. The number of aromatic amines is 1. The van der Waals surface area contributed by atoms with Crippen molar-refractivity contribution in [2.24, 2.45) is 0 Å². The number of anilines is 2. The van der Waals surface area contributed by atoms with E-state index >= 15 is 0 Å². The Labute approximate surface area is 127 Å². The summed E-state index contributed by atoms with van der Waals surface area (Å²) in [6.07, 6.45) is 4.38. The number of amides is 1. The summed E-state index contributed by atoms with van der Waals surface area (Å²) in [7, 11) is 0. The first kappa shape index (κ1) is 13.9. The van der Waals surface area contributed by atoms with Gasteiger partial charge in [0.25, 0.3) is 5.91 Å². The molecule has 3 rings (SSSR count). The van der Waals surface area contributed by atoms with Crippen molar-refractivity contribution in [3.8, 4) is 0 Å². The zero-order chi connectivity index (χ0) is 14.7. The minimum absolute atomic E-state index is 0.208. The normalized spacial score (nSPS) is 15.1. The summed E-state index contributed by atoms with van der Waals surface area (Å²) in [6.45, 7) is 0. The highest BCUT2D eigenvalue weighted by Crippen LogP contribution is 2.21. The maximum Gasteiger partial charge on any atom is 0.275 e. The Hall–Kier alpha value is -2.08. The van der Waals surface area contributed by atoms with Crippen molar-refractivity contribution < 1.29 is 4.79 Å². The maximum absolute atomic E-state index is 12.2. The van der Waals surface area contributed by atoms with Gasteiger partial charge in [0.2, 0.25) is 0 Å². The fourth-order valence-corrected chi connectivity index (χ4v) is 2.69. The summed E-state index contributed by atoms with van der Waals surface area (Å²) in [5.41, 5.74) is 1.02. The maximum atomic E-state index is 12.2. The molecule has 110 valence electrons. The van der Waals surface area contributed by atoms with E-state index in [4.69, 9.17) is 11.6 Å². The first-order valence-electron chi connectivity index (χ1n) is 6.96. The zero-order valence-electron chi connectivity index (χ0n) is 11.4. The number of benzene rings is 1. The number of rotatable bonds is 4. The van der Waals surface area contributed by atoms with E-state index in [1.54, 1.807) is 12.1 Å². The predicted octanol–water partition coefficient (Wildman–Crippen LogP) is 2.87. The molecule has 1 amide bonds. The van der Waals surface area contributed by atoms with Crippen molar-refractivity contribution in [2.45, 2.75) is 31.7 Å². The number of H-pyrrole nitrogens is 1. The molecule has 1 aromatic heterocycles. The molecular formula is C14H16ClN5O. The highest BCUT2D eigenvalue weighted by atomic mass is 35.5. The molecule has 1 fully saturated rings. The fourth-order valence-electron chi connectivity index (χ4n) is 2.50. The number of nitrogens with zero attached hydrogens (tertiary/aromatic N) is 2. The Bertz CT molecular complexity index is 636. The molecule has 6 nitrogen and oxygen atoms in total. The Morgan fingerprint density at radius 3 is 2.86 bits per heavy atom. The number of nitrogens with one attached hydrogen (secondary N) is 3. The number of hydrogen-bond acceptors (Lipinski definition) is 4. The van der Waals surface area contributed by atoms with Gasteiger partial charge >= 0.3 is 0 Å². The van der Waals surface area contributed by atoms with E-state index in [9.17, 15) is 4.79 Å². The van der Waals surface area contributed by atoms with E-state index in [0.717, 1.165) is 31.4 Å². The lowest BCUT2D eigenvalue weighted by Gasteiger charge is -2.11. The van der Waals surface area contributed by atoms with E-state index in [1.807, 2.05) is 12.1 Å². The number of halogens is 1. The lowest BCUT2D eigenvalue weighted by molar-refractivity contribution is 0.0933. The summed E-state index contributed by atoms with van der Waals surface area (Å²) in [5, 5.41) is 17.1. The molecule has 0 atom stereocenters. The van der Waals surface area contributed by atoms with Crippen molar-refractivity contribution in [1.29, 1.82) is 0 Å². The molecule has 2 aromatic rings. The van der Waals surface area contributed by atoms with Gasteiger partial charge in [-0.2, -0.15) is 5.21 Å². The van der Waals surface area contributed by atoms with Gasteiger partial charge in [-0.15, -0.1) is 10.2 Å². The second-order valence-electron chi connectivity index (χ2n) is 5.11. The molecule has 1 aromatic carbocycles. The van der Waals surface area contributed by atoms with Crippen LogP contribution in [-0.4, -0.2) is 27.4 Å². The molecule has 1 aliphatic carbocycles. The number of carbonyl (C=O) groups is 1. The van der Waals surface area contributed by atoms with Crippen LogP contribution in [0.4, 0.5) is 11.5 Å². The Balaban J connectivity index is 1.72. The lowest BCUT2D eigenvalue weighted by Crippen LogP contribution is -2.33.